The third-order valence-corrected chi connectivity index (χ3v) is 4.06. The van der Waals surface area contributed by atoms with Gasteiger partial charge in [0.25, 0.3) is 0 Å². The number of pyridine rings is 1. The van der Waals surface area contributed by atoms with Crippen LogP contribution in [0.4, 0.5) is 17.6 Å². The van der Waals surface area contributed by atoms with Crippen molar-refractivity contribution in [3.8, 4) is 0 Å². The number of rotatable bonds is 7. The van der Waals surface area contributed by atoms with Gasteiger partial charge in [0.1, 0.15) is 23.1 Å². The van der Waals surface area contributed by atoms with E-state index in [1.165, 1.54) is 6.92 Å². The van der Waals surface area contributed by atoms with E-state index in [4.69, 9.17) is 5.73 Å². The van der Waals surface area contributed by atoms with Crippen molar-refractivity contribution in [1.82, 2.24) is 10.3 Å². The Morgan fingerprint density at radius 3 is 2.54 bits per heavy atom. The van der Waals surface area contributed by atoms with Crippen molar-refractivity contribution in [3.63, 3.8) is 0 Å². The van der Waals surface area contributed by atoms with Crippen LogP contribution in [0.25, 0.3) is 0 Å². The Bertz CT molecular complexity index is 824. The number of nitrogens with one attached hydrogen (secondary N) is 1. The Morgan fingerprint density at radius 1 is 1.23 bits per heavy atom. The van der Waals surface area contributed by atoms with Crippen molar-refractivity contribution in [2.24, 2.45) is 5.73 Å². The van der Waals surface area contributed by atoms with E-state index in [2.05, 4.69) is 10.3 Å². The molecule has 8 heteroatoms. The minimum Gasteiger partial charge on any atom is -0.321 e. The summed E-state index contributed by atoms with van der Waals surface area (Å²) in [7, 11) is 1.68. The maximum Gasteiger partial charge on any atom is 0.188 e. The van der Waals surface area contributed by atoms with E-state index in [0.29, 0.717) is 18.8 Å². The lowest BCUT2D eigenvalue weighted by molar-refractivity contribution is 0.0982. The largest absolute Gasteiger partial charge is 0.321 e. The summed E-state index contributed by atoms with van der Waals surface area (Å²) in [5.74, 6) is -4.71. The van der Waals surface area contributed by atoms with Gasteiger partial charge in [-0.25, -0.2) is 22.5 Å². The summed E-state index contributed by atoms with van der Waals surface area (Å²) < 4.78 is 55.6. The molecule has 2 aromatic rings. The molecule has 0 fully saturated rings. The molecule has 0 aliphatic rings. The second-order valence-electron chi connectivity index (χ2n) is 6.25. The lowest BCUT2D eigenvalue weighted by Crippen LogP contribution is -2.38. The highest BCUT2D eigenvalue weighted by Gasteiger charge is 2.30. The maximum atomic E-state index is 14.8. The van der Waals surface area contributed by atoms with Gasteiger partial charge in [-0.05, 0) is 38.6 Å². The van der Waals surface area contributed by atoms with Crippen molar-refractivity contribution in [2.75, 3.05) is 13.6 Å². The molecular formula is C18H19F4N3O. The van der Waals surface area contributed by atoms with Crippen LogP contribution in [0.15, 0.2) is 24.4 Å². The lowest BCUT2D eigenvalue weighted by Gasteiger charge is -2.27. The molecule has 1 aromatic carbocycles. The van der Waals surface area contributed by atoms with Crippen molar-refractivity contribution in [2.45, 2.75) is 25.3 Å². The molecule has 0 unspecified atom stereocenters. The van der Waals surface area contributed by atoms with Gasteiger partial charge in [-0.1, -0.05) is 6.07 Å². The molecule has 0 bridgehead atoms. The highest BCUT2D eigenvalue weighted by atomic mass is 19.1. The predicted molar refractivity (Wildman–Crippen MR) is 88.6 cm³/mol. The summed E-state index contributed by atoms with van der Waals surface area (Å²) in [5, 5.41) is 2.85. The third-order valence-electron chi connectivity index (χ3n) is 4.06. The highest BCUT2D eigenvalue weighted by molar-refractivity contribution is 5.96. The molecule has 2 rings (SSSR count). The normalized spacial score (nSPS) is 13.5. The zero-order valence-corrected chi connectivity index (χ0v) is 14.4. The van der Waals surface area contributed by atoms with E-state index < -0.39 is 46.7 Å². The Morgan fingerprint density at radius 2 is 1.92 bits per heavy atom. The van der Waals surface area contributed by atoms with Gasteiger partial charge in [0.05, 0.1) is 6.20 Å². The fourth-order valence-electron chi connectivity index (χ4n) is 2.64. The molecule has 1 aromatic heterocycles. The van der Waals surface area contributed by atoms with Gasteiger partial charge >= 0.3 is 0 Å². The average molecular weight is 369 g/mol. The van der Waals surface area contributed by atoms with Gasteiger partial charge in [0, 0.05) is 23.6 Å². The molecule has 0 amide bonds. The standard InChI is InChI=1S/C18H19F4N3O/c1-18(23,5-6-24-2)15-12(20)4-3-10(16(15)22)7-14(26)17-13(21)8-11(19)9-25-17/h3-4,8-9,24H,5-7,23H2,1-2H3/t18-/m0/s1. The lowest BCUT2D eigenvalue weighted by atomic mass is 9.86. The Labute approximate surface area is 148 Å². The molecule has 0 radical (unpaired) electrons. The Hall–Kier alpha value is -2.32. The van der Waals surface area contributed by atoms with Crippen LogP contribution >= 0.6 is 0 Å². The molecule has 4 nitrogen and oxygen atoms in total. The number of carbonyl (C=O) groups is 1. The fourth-order valence-corrected chi connectivity index (χ4v) is 2.64. The van der Waals surface area contributed by atoms with Crippen LogP contribution in [0.2, 0.25) is 0 Å². The second-order valence-corrected chi connectivity index (χ2v) is 6.25. The second kappa shape index (κ2) is 7.92. The molecule has 0 saturated carbocycles. The first-order chi connectivity index (χ1) is 12.2. The molecule has 0 spiro atoms. The van der Waals surface area contributed by atoms with E-state index in [-0.39, 0.29) is 17.5 Å². The number of nitrogens with two attached hydrogens (primary N) is 1. The number of hydrogen-bond donors (Lipinski definition) is 2. The Balaban J connectivity index is 2.36. The van der Waals surface area contributed by atoms with Crippen molar-refractivity contribution >= 4 is 5.78 Å². The third kappa shape index (κ3) is 4.25. The fraction of sp³-hybridized carbons (Fsp3) is 0.333. The minimum absolute atomic E-state index is 0.141. The first-order valence-electron chi connectivity index (χ1n) is 7.92. The SMILES string of the molecule is CNCC[C@](C)(N)c1c(F)ccc(CC(=O)c2ncc(F)cc2F)c1F. The van der Waals surface area contributed by atoms with Crippen LogP contribution in [-0.2, 0) is 12.0 Å². The van der Waals surface area contributed by atoms with Crippen molar-refractivity contribution in [1.29, 1.82) is 0 Å². The number of nitrogens with zero attached hydrogens (tertiary/aromatic N) is 1. The van der Waals surface area contributed by atoms with E-state index in [0.717, 1.165) is 12.1 Å². The number of halogens is 4. The number of hydrogen-bond acceptors (Lipinski definition) is 4. The molecule has 1 heterocycles. The van der Waals surface area contributed by atoms with Gasteiger partial charge < -0.3 is 11.1 Å². The summed E-state index contributed by atoms with van der Waals surface area (Å²) in [6, 6.07) is 2.63. The number of benzene rings is 1. The molecule has 140 valence electrons. The smallest absolute Gasteiger partial charge is 0.188 e. The topological polar surface area (TPSA) is 68.0 Å². The highest BCUT2D eigenvalue weighted by Crippen LogP contribution is 2.29. The molecule has 26 heavy (non-hydrogen) atoms. The monoisotopic (exact) mass is 369 g/mol. The molecule has 0 aliphatic carbocycles. The van der Waals surface area contributed by atoms with Crippen molar-refractivity contribution in [3.05, 3.63) is 64.5 Å². The van der Waals surface area contributed by atoms with E-state index in [9.17, 15) is 22.4 Å². The van der Waals surface area contributed by atoms with E-state index >= 15 is 0 Å². The molecule has 3 N–H and O–H groups in total. The van der Waals surface area contributed by atoms with Gasteiger partial charge in [0.15, 0.2) is 11.6 Å². The molecule has 1 atom stereocenters. The number of aromatic nitrogens is 1. The average Bonchev–Trinajstić information content (AvgIpc) is 2.55. The summed E-state index contributed by atoms with van der Waals surface area (Å²) in [4.78, 5) is 15.6. The van der Waals surface area contributed by atoms with Gasteiger partial charge in [-0.15, -0.1) is 0 Å². The molecular weight excluding hydrogens is 350 g/mol. The quantitative estimate of drug-likeness (QED) is 0.582. The maximum absolute atomic E-state index is 14.8. The number of ketones is 1. The first-order valence-corrected chi connectivity index (χ1v) is 7.92. The van der Waals surface area contributed by atoms with Gasteiger partial charge in [0.2, 0.25) is 0 Å². The van der Waals surface area contributed by atoms with Crippen LogP contribution in [0.3, 0.4) is 0 Å². The molecule has 0 aliphatic heterocycles. The van der Waals surface area contributed by atoms with E-state index in [1.807, 2.05) is 0 Å². The van der Waals surface area contributed by atoms with Crippen LogP contribution in [0, 0.1) is 23.3 Å². The predicted octanol–water partition coefficient (Wildman–Crippen LogP) is 2.85. The summed E-state index contributed by atoms with van der Waals surface area (Å²) in [6.07, 6.45) is 0.386. The van der Waals surface area contributed by atoms with Gasteiger partial charge in [-0.3, -0.25) is 4.79 Å². The van der Waals surface area contributed by atoms with Crippen LogP contribution in [-0.4, -0.2) is 24.4 Å². The van der Waals surface area contributed by atoms with Crippen LogP contribution < -0.4 is 11.1 Å². The number of carbonyl (C=O) groups excluding carboxylic acids is 1. The first kappa shape index (κ1) is 20.0. The van der Waals surface area contributed by atoms with Crippen molar-refractivity contribution < 1.29 is 22.4 Å². The van der Waals surface area contributed by atoms with E-state index in [1.54, 1.807) is 7.05 Å². The zero-order chi connectivity index (χ0) is 19.5. The number of Topliss-reactive ketones (excluding diaryl/α,β-unsaturated/α-hetero) is 1. The summed E-state index contributed by atoms with van der Waals surface area (Å²) in [6.45, 7) is 1.92. The Kier molecular flexibility index (Phi) is 6.09. The van der Waals surface area contributed by atoms with Gasteiger partial charge in [-0.2, -0.15) is 0 Å². The summed E-state index contributed by atoms with van der Waals surface area (Å²) >= 11 is 0. The van der Waals surface area contributed by atoms with Crippen LogP contribution in [0.1, 0.15) is 35.0 Å². The summed E-state index contributed by atoms with van der Waals surface area (Å²) in [5.41, 5.74) is 3.66. The zero-order valence-electron chi connectivity index (χ0n) is 14.4. The van der Waals surface area contributed by atoms with Crippen LogP contribution in [0.5, 0.6) is 0 Å². The minimum atomic E-state index is -1.31. The molecule has 0 saturated heterocycles.